The molecule has 1 saturated carbocycles. The van der Waals surface area contributed by atoms with Crippen LogP contribution in [-0.2, 0) is 6.54 Å². The predicted molar refractivity (Wildman–Crippen MR) is 72.4 cm³/mol. The topological polar surface area (TPSA) is 12.0 Å². The van der Waals surface area contributed by atoms with Crippen LogP contribution in [0.15, 0.2) is 22.7 Å². The van der Waals surface area contributed by atoms with E-state index in [0.717, 1.165) is 18.0 Å². The molecular formula is C14H19BrFN. The molecule has 1 N–H and O–H groups in total. The maximum Gasteiger partial charge on any atom is 0.137 e. The molecule has 1 nitrogen and oxygen atoms in total. The van der Waals surface area contributed by atoms with E-state index >= 15 is 0 Å². The molecule has 0 heterocycles. The van der Waals surface area contributed by atoms with Crippen molar-refractivity contribution >= 4 is 15.9 Å². The van der Waals surface area contributed by atoms with Crippen LogP contribution in [0, 0.1) is 11.7 Å². The largest absolute Gasteiger partial charge is 0.310 e. The lowest BCUT2D eigenvalue weighted by molar-refractivity contribution is 0.380. The Labute approximate surface area is 111 Å². The Morgan fingerprint density at radius 2 is 2.12 bits per heavy atom. The molecule has 0 aliphatic heterocycles. The van der Waals surface area contributed by atoms with E-state index < -0.39 is 0 Å². The Morgan fingerprint density at radius 3 is 2.82 bits per heavy atom. The lowest BCUT2D eigenvalue weighted by atomic mass is 9.99. The summed E-state index contributed by atoms with van der Waals surface area (Å²) in [7, 11) is 0. The van der Waals surface area contributed by atoms with E-state index in [4.69, 9.17) is 0 Å². The van der Waals surface area contributed by atoms with E-state index in [-0.39, 0.29) is 5.82 Å². The van der Waals surface area contributed by atoms with Crippen molar-refractivity contribution in [1.29, 1.82) is 0 Å². The van der Waals surface area contributed by atoms with E-state index in [2.05, 4.69) is 28.2 Å². The number of halogens is 2. The van der Waals surface area contributed by atoms with Crippen molar-refractivity contribution < 1.29 is 4.39 Å². The molecule has 3 heteroatoms. The van der Waals surface area contributed by atoms with Crippen molar-refractivity contribution in [3.63, 3.8) is 0 Å². The van der Waals surface area contributed by atoms with Gasteiger partial charge in [0.2, 0.25) is 0 Å². The molecule has 0 amide bonds. The first-order valence-electron chi connectivity index (χ1n) is 6.34. The van der Waals surface area contributed by atoms with Crippen molar-refractivity contribution in [2.45, 2.75) is 45.2 Å². The average molecular weight is 300 g/mol. The second kappa shape index (κ2) is 5.96. The van der Waals surface area contributed by atoms with E-state index in [9.17, 15) is 4.39 Å². The summed E-state index contributed by atoms with van der Waals surface area (Å²) in [4.78, 5) is 0. The van der Waals surface area contributed by atoms with Crippen LogP contribution < -0.4 is 5.32 Å². The first-order chi connectivity index (χ1) is 8.18. The molecule has 0 unspecified atom stereocenters. The minimum absolute atomic E-state index is 0.183. The Balaban J connectivity index is 1.90. The molecule has 0 spiro atoms. The lowest BCUT2D eigenvalue weighted by Gasteiger charge is -2.20. The zero-order chi connectivity index (χ0) is 12.3. The smallest absolute Gasteiger partial charge is 0.137 e. The summed E-state index contributed by atoms with van der Waals surface area (Å²) in [6, 6.07) is 5.72. The summed E-state index contributed by atoms with van der Waals surface area (Å²) in [5.74, 6) is 0.611. The predicted octanol–water partition coefficient (Wildman–Crippen LogP) is 4.26. The van der Waals surface area contributed by atoms with Crippen LogP contribution in [0.1, 0.15) is 38.2 Å². The maximum atomic E-state index is 13.3. The monoisotopic (exact) mass is 299 g/mol. The Hall–Kier alpha value is -0.410. The van der Waals surface area contributed by atoms with Gasteiger partial charge in [0.1, 0.15) is 5.82 Å². The summed E-state index contributed by atoms with van der Waals surface area (Å²) in [6.45, 7) is 2.97. The third-order valence-electron chi connectivity index (χ3n) is 3.75. The lowest BCUT2D eigenvalue weighted by Crippen LogP contribution is -2.31. The quantitative estimate of drug-likeness (QED) is 0.876. The van der Waals surface area contributed by atoms with E-state index in [1.807, 2.05) is 6.07 Å². The van der Waals surface area contributed by atoms with Gasteiger partial charge in [-0.05, 0) is 53.2 Å². The fourth-order valence-electron chi connectivity index (χ4n) is 2.58. The van der Waals surface area contributed by atoms with Crippen LogP contribution in [-0.4, -0.2) is 6.04 Å². The van der Waals surface area contributed by atoms with Gasteiger partial charge in [-0.25, -0.2) is 4.39 Å². The molecule has 1 aromatic rings. The standard InChI is InChI=1S/C14H19BrFN/c1-10(11-5-2-3-6-11)17-9-12-7-4-8-13(16)14(12)15/h4,7-8,10-11,17H,2-3,5-6,9H2,1H3/t10-/m0/s1. The maximum absolute atomic E-state index is 13.3. The fraction of sp³-hybridized carbons (Fsp3) is 0.571. The molecule has 17 heavy (non-hydrogen) atoms. The van der Waals surface area contributed by atoms with Crippen molar-refractivity contribution in [2.24, 2.45) is 5.92 Å². The van der Waals surface area contributed by atoms with Crippen molar-refractivity contribution in [3.05, 3.63) is 34.1 Å². The normalized spacial score (nSPS) is 18.5. The molecule has 1 atom stereocenters. The summed E-state index contributed by atoms with van der Waals surface area (Å²) in [5, 5.41) is 3.51. The Morgan fingerprint density at radius 1 is 1.41 bits per heavy atom. The molecule has 0 saturated heterocycles. The highest BCUT2D eigenvalue weighted by Gasteiger charge is 2.21. The van der Waals surface area contributed by atoms with E-state index in [1.54, 1.807) is 6.07 Å². The van der Waals surface area contributed by atoms with Crippen molar-refractivity contribution in [3.8, 4) is 0 Å². The van der Waals surface area contributed by atoms with Crippen LogP contribution in [0.4, 0.5) is 4.39 Å². The molecule has 1 aliphatic rings. The van der Waals surface area contributed by atoms with Gasteiger partial charge in [0.05, 0.1) is 4.47 Å². The molecule has 1 fully saturated rings. The number of nitrogens with one attached hydrogen (secondary N) is 1. The summed E-state index contributed by atoms with van der Waals surface area (Å²) >= 11 is 3.30. The van der Waals surface area contributed by atoms with Gasteiger partial charge in [0, 0.05) is 12.6 Å². The zero-order valence-electron chi connectivity index (χ0n) is 10.2. The van der Waals surface area contributed by atoms with Gasteiger partial charge in [0.15, 0.2) is 0 Å². The highest BCUT2D eigenvalue weighted by Crippen LogP contribution is 2.28. The highest BCUT2D eigenvalue weighted by molar-refractivity contribution is 9.10. The highest BCUT2D eigenvalue weighted by atomic mass is 79.9. The molecule has 0 bridgehead atoms. The fourth-order valence-corrected chi connectivity index (χ4v) is 2.98. The number of benzene rings is 1. The zero-order valence-corrected chi connectivity index (χ0v) is 11.8. The third kappa shape index (κ3) is 3.29. The Bertz CT molecular complexity index is 374. The molecule has 0 radical (unpaired) electrons. The van der Waals surface area contributed by atoms with Gasteiger partial charge in [0.25, 0.3) is 0 Å². The minimum Gasteiger partial charge on any atom is -0.310 e. The van der Waals surface area contributed by atoms with Gasteiger partial charge in [-0.15, -0.1) is 0 Å². The summed E-state index contributed by atoms with van der Waals surface area (Å²) < 4.78 is 13.9. The second-order valence-electron chi connectivity index (χ2n) is 4.93. The molecule has 0 aromatic heterocycles. The van der Waals surface area contributed by atoms with Crippen LogP contribution in [0.3, 0.4) is 0 Å². The van der Waals surface area contributed by atoms with Gasteiger partial charge in [-0.3, -0.25) is 0 Å². The minimum atomic E-state index is -0.183. The van der Waals surface area contributed by atoms with Crippen LogP contribution in [0.2, 0.25) is 0 Å². The average Bonchev–Trinajstić information content (AvgIpc) is 2.84. The first kappa shape index (κ1) is 13.0. The van der Waals surface area contributed by atoms with Gasteiger partial charge in [-0.2, -0.15) is 0 Å². The number of hydrogen-bond acceptors (Lipinski definition) is 1. The summed E-state index contributed by atoms with van der Waals surface area (Å²) in [5.41, 5.74) is 0.995. The van der Waals surface area contributed by atoms with Gasteiger partial charge >= 0.3 is 0 Å². The number of hydrogen-bond donors (Lipinski definition) is 1. The van der Waals surface area contributed by atoms with Crippen LogP contribution in [0.25, 0.3) is 0 Å². The summed E-state index contributed by atoms with van der Waals surface area (Å²) in [6.07, 6.45) is 5.39. The van der Waals surface area contributed by atoms with Gasteiger partial charge in [-0.1, -0.05) is 25.0 Å². The molecule has 2 rings (SSSR count). The molecule has 1 aromatic carbocycles. The second-order valence-corrected chi connectivity index (χ2v) is 5.72. The van der Waals surface area contributed by atoms with E-state index in [1.165, 1.54) is 31.7 Å². The molecule has 94 valence electrons. The van der Waals surface area contributed by atoms with Crippen molar-refractivity contribution in [1.82, 2.24) is 5.32 Å². The van der Waals surface area contributed by atoms with Crippen LogP contribution >= 0.6 is 15.9 Å². The van der Waals surface area contributed by atoms with Crippen LogP contribution in [0.5, 0.6) is 0 Å². The number of rotatable bonds is 4. The SMILES string of the molecule is C[C@H](NCc1cccc(F)c1Br)C1CCCC1. The van der Waals surface area contributed by atoms with E-state index in [0.29, 0.717) is 10.5 Å². The third-order valence-corrected chi connectivity index (χ3v) is 4.64. The molecular weight excluding hydrogens is 281 g/mol. The first-order valence-corrected chi connectivity index (χ1v) is 7.14. The van der Waals surface area contributed by atoms with Crippen molar-refractivity contribution in [2.75, 3.05) is 0 Å². The Kier molecular flexibility index (Phi) is 4.57. The van der Waals surface area contributed by atoms with Gasteiger partial charge < -0.3 is 5.32 Å². The molecule has 1 aliphatic carbocycles.